The van der Waals surface area contributed by atoms with E-state index in [1.165, 1.54) is 4.31 Å². The molecule has 1 aromatic heterocycles. The Morgan fingerprint density at radius 3 is 2.36 bits per heavy atom. The summed E-state index contributed by atoms with van der Waals surface area (Å²) in [4.78, 5) is 4.18. The van der Waals surface area contributed by atoms with Crippen LogP contribution in [0, 0.1) is 11.3 Å². The maximum Gasteiger partial charge on any atom is 0.214 e. The summed E-state index contributed by atoms with van der Waals surface area (Å²) in [6.45, 7) is 0.764. The van der Waals surface area contributed by atoms with Crippen molar-refractivity contribution in [1.82, 2.24) is 9.29 Å². The van der Waals surface area contributed by atoms with Gasteiger partial charge in [0, 0.05) is 31.4 Å². The van der Waals surface area contributed by atoms with Crippen molar-refractivity contribution in [2.45, 2.75) is 24.7 Å². The molecule has 0 bridgehead atoms. The first-order valence-electron chi connectivity index (χ1n) is 8.40. The number of pyridine rings is 1. The summed E-state index contributed by atoms with van der Waals surface area (Å²) in [5.41, 5.74) is 1.16. The Morgan fingerprint density at radius 1 is 1.08 bits per heavy atom. The second kappa shape index (κ2) is 7.34. The van der Waals surface area contributed by atoms with Gasteiger partial charge in [0.25, 0.3) is 0 Å². The Balaban J connectivity index is 1.66. The average molecular weight is 355 g/mol. The van der Waals surface area contributed by atoms with E-state index in [0.717, 1.165) is 11.3 Å². The minimum Gasteiger partial charge on any atom is -0.261 e. The smallest absolute Gasteiger partial charge is 0.214 e. The third kappa shape index (κ3) is 3.89. The van der Waals surface area contributed by atoms with Gasteiger partial charge in [-0.1, -0.05) is 36.4 Å². The number of nitrogens with zero attached hydrogens (tertiary/aromatic N) is 3. The summed E-state index contributed by atoms with van der Waals surface area (Å²) in [6, 6.07) is 17.6. The lowest BCUT2D eigenvalue weighted by Gasteiger charge is -2.37. The first-order valence-corrected chi connectivity index (χ1v) is 10.0. The van der Waals surface area contributed by atoms with Crippen LogP contribution in [0.2, 0.25) is 0 Å². The topological polar surface area (TPSA) is 74.1 Å². The van der Waals surface area contributed by atoms with Gasteiger partial charge in [-0.25, -0.2) is 12.7 Å². The number of aryl methyl sites for hydroxylation is 1. The summed E-state index contributed by atoms with van der Waals surface area (Å²) in [7, 11) is -3.34. The lowest BCUT2D eigenvalue weighted by atomic mass is 9.74. The quantitative estimate of drug-likeness (QED) is 0.826. The van der Waals surface area contributed by atoms with Crippen LogP contribution in [-0.2, 0) is 21.9 Å². The molecule has 1 saturated heterocycles. The Hall–Kier alpha value is -2.23. The van der Waals surface area contributed by atoms with Gasteiger partial charge in [-0.15, -0.1) is 0 Å². The van der Waals surface area contributed by atoms with E-state index in [2.05, 4.69) is 11.1 Å². The molecule has 1 aliphatic rings. The van der Waals surface area contributed by atoms with E-state index in [1.54, 1.807) is 6.20 Å². The zero-order valence-electron chi connectivity index (χ0n) is 14.0. The highest BCUT2D eigenvalue weighted by atomic mass is 32.2. The molecule has 2 aromatic rings. The van der Waals surface area contributed by atoms with E-state index in [-0.39, 0.29) is 5.75 Å². The van der Waals surface area contributed by atoms with Crippen LogP contribution in [-0.4, -0.2) is 36.5 Å². The van der Waals surface area contributed by atoms with Gasteiger partial charge in [0.2, 0.25) is 10.0 Å². The van der Waals surface area contributed by atoms with Crippen LogP contribution in [0.15, 0.2) is 54.7 Å². The number of hydrogen-bond donors (Lipinski definition) is 0. The normalized spacial score (nSPS) is 17.7. The predicted molar refractivity (Wildman–Crippen MR) is 96.3 cm³/mol. The van der Waals surface area contributed by atoms with Crippen molar-refractivity contribution in [3.05, 3.63) is 66.0 Å². The summed E-state index contributed by atoms with van der Waals surface area (Å²) >= 11 is 0. The van der Waals surface area contributed by atoms with E-state index in [0.29, 0.717) is 32.4 Å². The molecule has 0 saturated carbocycles. The monoisotopic (exact) mass is 355 g/mol. The number of benzene rings is 1. The van der Waals surface area contributed by atoms with Gasteiger partial charge in [0.1, 0.15) is 0 Å². The van der Waals surface area contributed by atoms with Crippen LogP contribution in [0.3, 0.4) is 0 Å². The van der Waals surface area contributed by atoms with E-state index in [4.69, 9.17) is 0 Å². The minimum atomic E-state index is -3.34. The van der Waals surface area contributed by atoms with Crippen LogP contribution in [0.5, 0.6) is 0 Å². The maximum absolute atomic E-state index is 12.6. The minimum absolute atomic E-state index is 0.0505. The Kier molecular flexibility index (Phi) is 5.16. The molecular weight excluding hydrogens is 334 g/mol. The maximum atomic E-state index is 12.6. The van der Waals surface area contributed by atoms with E-state index in [1.807, 2.05) is 48.5 Å². The number of nitriles is 1. The lowest BCUT2D eigenvalue weighted by molar-refractivity contribution is 0.277. The Labute approximate surface area is 149 Å². The van der Waals surface area contributed by atoms with Crippen molar-refractivity contribution in [1.29, 1.82) is 5.26 Å². The molecule has 1 fully saturated rings. The molecule has 0 aliphatic carbocycles. The van der Waals surface area contributed by atoms with Gasteiger partial charge in [0.05, 0.1) is 17.2 Å². The number of aromatic nitrogens is 1. The van der Waals surface area contributed by atoms with E-state index >= 15 is 0 Å². The molecule has 1 aliphatic heterocycles. The van der Waals surface area contributed by atoms with Gasteiger partial charge >= 0.3 is 0 Å². The fraction of sp³-hybridized carbons (Fsp3) is 0.368. The SMILES string of the molecule is N#CC1(c2ccccc2)CCN(S(=O)(=O)CCc2ccccn2)CC1. The summed E-state index contributed by atoms with van der Waals surface area (Å²) in [5.74, 6) is 0.0505. The van der Waals surface area contributed by atoms with Gasteiger partial charge < -0.3 is 0 Å². The molecule has 0 spiro atoms. The third-order valence-corrected chi connectivity index (χ3v) is 6.72. The highest BCUT2D eigenvalue weighted by molar-refractivity contribution is 7.89. The van der Waals surface area contributed by atoms with Gasteiger partial charge in [-0.3, -0.25) is 4.98 Å². The second-order valence-corrected chi connectivity index (χ2v) is 8.43. The lowest BCUT2D eigenvalue weighted by Crippen LogP contribution is -2.45. The van der Waals surface area contributed by atoms with E-state index in [9.17, 15) is 13.7 Å². The molecule has 3 rings (SSSR count). The molecule has 25 heavy (non-hydrogen) atoms. The van der Waals surface area contributed by atoms with Crippen molar-refractivity contribution in [2.24, 2.45) is 0 Å². The fourth-order valence-electron chi connectivity index (χ4n) is 3.28. The standard InChI is InChI=1S/C19H21N3O2S/c20-16-19(17-6-2-1-3-7-17)10-13-22(14-11-19)25(23,24)15-9-18-8-4-5-12-21-18/h1-8,12H,9-11,13-15H2. The van der Waals surface area contributed by atoms with Crippen molar-refractivity contribution >= 4 is 10.0 Å². The fourth-order valence-corrected chi connectivity index (χ4v) is 4.74. The number of hydrogen-bond acceptors (Lipinski definition) is 4. The summed E-state index contributed by atoms with van der Waals surface area (Å²) < 4.78 is 26.7. The van der Waals surface area contributed by atoms with Crippen molar-refractivity contribution in [2.75, 3.05) is 18.8 Å². The molecule has 0 atom stereocenters. The molecule has 130 valence electrons. The summed E-state index contributed by atoms with van der Waals surface area (Å²) in [6.07, 6.45) is 3.12. The number of piperidine rings is 1. The zero-order valence-corrected chi connectivity index (χ0v) is 14.8. The first kappa shape index (κ1) is 17.6. The van der Waals surface area contributed by atoms with Crippen molar-refractivity contribution in [3.63, 3.8) is 0 Å². The second-order valence-electron chi connectivity index (χ2n) is 6.35. The third-order valence-electron chi connectivity index (χ3n) is 4.85. The molecule has 0 amide bonds. The number of rotatable bonds is 5. The van der Waals surface area contributed by atoms with E-state index < -0.39 is 15.4 Å². The highest BCUT2D eigenvalue weighted by Crippen LogP contribution is 2.35. The molecule has 0 radical (unpaired) electrons. The van der Waals surface area contributed by atoms with Gasteiger partial charge in [-0.05, 0) is 30.5 Å². The molecule has 1 aromatic carbocycles. The van der Waals surface area contributed by atoms with Crippen LogP contribution >= 0.6 is 0 Å². The molecular formula is C19H21N3O2S. The first-order chi connectivity index (χ1) is 12.1. The van der Waals surface area contributed by atoms with Crippen LogP contribution < -0.4 is 0 Å². The molecule has 2 heterocycles. The molecule has 6 heteroatoms. The van der Waals surface area contributed by atoms with Gasteiger partial charge in [-0.2, -0.15) is 5.26 Å². The number of sulfonamides is 1. The largest absolute Gasteiger partial charge is 0.261 e. The van der Waals surface area contributed by atoms with Crippen LogP contribution in [0.1, 0.15) is 24.1 Å². The van der Waals surface area contributed by atoms with Crippen LogP contribution in [0.4, 0.5) is 0 Å². The predicted octanol–water partition coefficient (Wildman–Crippen LogP) is 2.51. The highest BCUT2D eigenvalue weighted by Gasteiger charge is 2.39. The Bertz CT molecular complexity index is 837. The van der Waals surface area contributed by atoms with Crippen molar-refractivity contribution in [3.8, 4) is 6.07 Å². The van der Waals surface area contributed by atoms with Crippen molar-refractivity contribution < 1.29 is 8.42 Å². The van der Waals surface area contributed by atoms with Crippen LogP contribution in [0.25, 0.3) is 0 Å². The average Bonchev–Trinajstić information content (AvgIpc) is 2.68. The summed E-state index contributed by atoms with van der Waals surface area (Å²) in [5, 5.41) is 9.71. The van der Waals surface area contributed by atoms with Gasteiger partial charge in [0.15, 0.2) is 0 Å². The zero-order chi connectivity index (χ0) is 17.8. The molecule has 5 nitrogen and oxygen atoms in total. The Morgan fingerprint density at radius 2 is 1.76 bits per heavy atom. The molecule has 0 unspecified atom stereocenters. The molecule has 0 N–H and O–H groups in total.